The lowest BCUT2D eigenvalue weighted by molar-refractivity contribution is -0.160. The summed E-state index contributed by atoms with van der Waals surface area (Å²) in [4.78, 5) is 56.5. The van der Waals surface area contributed by atoms with Crippen LogP contribution in [0.2, 0.25) is 0 Å². The molecule has 3 fully saturated rings. The predicted octanol–water partition coefficient (Wildman–Crippen LogP) is 1.94. The average molecular weight is 613 g/mol. The highest BCUT2D eigenvalue weighted by atomic mass is 79.9. The highest BCUT2D eigenvalue weighted by molar-refractivity contribution is 9.09. The van der Waals surface area contributed by atoms with Crippen LogP contribution >= 0.6 is 15.9 Å². The number of ether oxygens (including phenoxy) is 2. The van der Waals surface area contributed by atoms with Gasteiger partial charge in [0.05, 0.1) is 37.1 Å². The molecule has 218 valence electrons. The Hall–Kier alpha value is -2.24. The SMILES string of the molecule is C=CCCC(=O)NC[C@H](C)OC(=O)[C@H]1[C@@H]2O[C@@]3(CC2Br)[C@@H]1C(=O)N([C@H](C)CO)[C@@H]3C(=O)N(CC=C)C(C)(C)C. The van der Waals surface area contributed by atoms with E-state index >= 15 is 0 Å². The van der Waals surface area contributed by atoms with Gasteiger partial charge in [-0.25, -0.2) is 0 Å². The van der Waals surface area contributed by atoms with E-state index in [-0.39, 0.29) is 36.3 Å². The number of halogens is 1. The number of likely N-dealkylation sites (tertiary alicyclic amines) is 1. The monoisotopic (exact) mass is 611 g/mol. The molecule has 0 aromatic carbocycles. The third-order valence-corrected chi connectivity index (χ3v) is 8.68. The molecule has 3 aliphatic heterocycles. The summed E-state index contributed by atoms with van der Waals surface area (Å²) in [6.45, 7) is 16.5. The molecule has 39 heavy (non-hydrogen) atoms. The Morgan fingerprint density at radius 2 is 1.97 bits per heavy atom. The second-order valence-electron chi connectivity index (χ2n) is 11.7. The Kier molecular flexibility index (Phi) is 9.71. The molecule has 1 unspecified atom stereocenters. The predicted molar refractivity (Wildman–Crippen MR) is 149 cm³/mol. The molecule has 3 aliphatic rings. The van der Waals surface area contributed by atoms with E-state index < -0.39 is 59.1 Å². The first-order valence-electron chi connectivity index (χ1n) is 13.5. The van der Waals surface area contributed by atoms with Gasteiger partial charge in [0.15, 0.2) is 0 Å². The molecular weight excluding hydrogens is 570 g/mol. The number of alkyl halides is 1. The van der Waals surface area contributed by atoms with Crippen molar-refractivity contribution in [3.63, 3.8) is 0 Å². The van der Waals surface area contributed by atoms with Gasteiger partial charge in [-0.3, -0.25) is 19.2 Å². The molecule has 10 nitrogen and oxygen atoms in total. The number of allylic oxidation sites excluding steroid dienone is 1. The lowest BCUT2D eigenvalue weighted by Gasteiger charge is -2.43. The van der Waals surface area contributed by atoms with Gasteiger partial charge in [-0.2, -0.15) is 0 Å². The van der Waals surface area contributed by atoms with Crippen molar-refractivity contribution in [1.82, 2.24) is 15.1 Å². The van der Waals surface area contributed by atoms with E-state index in [4.69, 9.17) is 9.47 Å². The van der Waals surface area contributed by atoms with Crippen LogP contribution in [0.25, 0.3) is 0 Å². The Balaban J connectivity index is 1.92. The summed E-state index contributed by atoms with van der Waals surface area (Å²) in [6, 6.07) is -1.70. The van der Waals surface area contributed by atoms with Crippen molar-refractivity contribution in [3.8, 4) is 0 Å². The number of nitrogens with zero attached hydrogens (tertiary/aromatic N) is 2. The summed E-state index contributed by atoms with van der Waals surface area (Å²) in [5.41, 5.74) is -1.83. The summed E-state index contributed by atoms with van der Waals surface area (Å²) in [6.07, 6.45) is 3.17. The average Bonchev–Trinajstić information content (AvgIpc) is 3.46. The van der Waals surface area contributed by atoms with Crippen molar-refractivity contribution < 1.29 is 33.8 Å². The van der Waals surface area contributed by atoms with Crippen molar-refractivity contribution in [1.29, 1.82) is 0 Å². The second-order valence-corrected chi connectivity index (χ2v) is 12.9. The van der Waals surface area contributed by atoms with Crippen molar-refractivity contribution >= 4 is 39.6 Å². The van der Waals surface area contributed by atoms with Crippen LogP contribution in [0.5, 0.6) is 0 Å². The first-order chi connectivity index (χ1) is 18.2. The summed E-state index contributed by atoms with van der Waals surface area (Å²) in [5, 5.41) is 12.8. The highest BCUT2D eigenvalue weighted by Gasteiger charge is 2.77. The maximum Gasteiger partial charge on any atom is 0.312 e. The molecule has 8 atom stereocenters. The maximum absolute atomic E-state index is 14.2. The Labute approximate surface area is 239 Å². The normalized spacial score (nSPS) is 30.9. The van der Waals surface area contributed by atoms with Crippen LogP contribution in [-0.4, -0.2) is 98.6 Å². The van der Waals surface area contributed by atoms with Crippen LogP contribution in [0.1, 0.15) is 53.9 Å². The molecule has 3 saturated heterocycles. The van der Waals surface area contributed by atoms with Crippen molar-refractivity contribution in [2.75, 3.05) is 19.7 Å². The van der Waals surface area contributed by atoms with E-state index in [2.05, 4.69) is 34.4 Å². The molecule has 11 heteroatoms. The number of amides is 3. The molecule has 0 aromatic heterocycles. The molecular formula is C28H42BrN3O7. The lowest BCUT2D eigenvalue weighted by atomic mass is 9.70. The molecule has 3 heterocycles. The molecule has 3 rings (SSSR count). The number of rotatable bonds is 12. The molecule has 0 radical (unpaired) electrons. The zero-order valence-corrected chi connectivity index (χ0v) is 25.1. The van der Waals surface area contributed by atoms with Gasteiger partial charge < -0.3 is 29.7 Å². The van der Waals surface area contributed by atoms with E-state index in [0.717, 1.165) is 0 Å². The minimum absolute atomic E-state index is 0.123. The van der Waals surface area contributed by atoms with E-state index in [9.17, 15) is 24.3 Å². The minimum Gasteiger partial charge on any atom is -0.460 e. The highest BCUT2D eigenvalue weighted by Crippen LogP contribution is 2.60. The van der Waals surface area contributed by atoms with E-state index in [0.29, 0.717) is 19.3 Å². The number of aliphatic hydroxyl groups is 1. The number of esters is 1. The number of carbonyl (C=O) groups is 4. The van der Waals surface area contributed by atoms with Crippen LogP contribution in [0.3, 0.4) is 0 Å². The quantitative estimate of drug-likeness (QED) is 0.196. The zero-order chi connectivity index (χ0) is 29.3. The van der Waals surface area contributed by atoms with Gasteiger partial charge in [-0.1, -0.05) is 28.1 Å². The number of fused-ring (bicyclic) bond motifs is 1. The van der Waals surface area contributed by atoms with Crippen molar-refractivity contribution in [3.05, 3.63) is 25.3 Å². The minimum atomic E-state index is -1.26. The number of carbonyl (C=O) groups excluding carboxylic acids is 4. The molecule has 0 aliphatic carbocycles. The van der Waals surface area contributed by atoms with Crippen molar-refractivity contribution in [2.24, 2.45) is 11.8 Å². The zero-order valence-electron chi connectivity index (χ0n) is 23.5. The first kappa shape index (κ1) is 31.3. The molecule has 2 bridgehead atoms. The molecule has 0 aromatic rings. The van der Waals surface area contributed by atoms with Crippen molar-refractivity contribution in [2.45, 2.75) is 94.1 Å². The third kappa shape index (κ3) is 5.81. The fraction of sp³-hybridized carbons (Fsp3) is 0.714. The Bertz CT molecular complexity index is 998. The van der Waals surface area contributed by atoms with Crippen LogP contribution in [0.4, 0.5) is 0 Å². The molecule has 0 saturated carbocycles. The van der Waals surface area contributed by atoms with Gasteiger partial charge in [-0.05, 0) is 47.5 Å². The Morgan fingerprint density at radius 3 is 2.54 bits per heavy atom. The number of aliphatic hydroxyl groups excluding tert-OH is 1. The van der Waals surface area contributed by atoms with E-state index in [1.165, 1.54) is 4.90 Å². The van der Waals surface area contributed by atoms with Gasteiger partial charge in [-0.15, -0.1) is 13.2 Å². The van der Waals surface area contributed by atoms with Crippen LogP contribution in [0.15, 0.2) is 25.3 Å². The van der Waals surface area contributed by atoms with Gasteiger partial charge in [0, 0.05) is 23.3 Å². The smallest absolute Gasteiger partial charge is 0.312 e. The van der Waals surface area contributed by atoms with E-state index in [1.807, 2.05) is 20.8 Å². The van der Waals surface area contributed by atoms with Crippen LogP contribution in [0, 0.1) is 11.8 Å². The first-order valence-corrected chi connectivity index (χ1v) is 14.4. The number of hydrogen-bond donors (Lipinski definition) is 2. The van der Waals surface area contributed by atoms with Gasteiger partial charge in [0.2, 0.25) is 17.7 Å². The topological polar surface area (TPSA) is 125 Å². The van der Waals surface area contributed by atoms with E-state index in [1.54, 1.807) is 30.9 Å². The Morgan fingerprint density at radius 1 is 1.31 bits per heavy atom. The summed E-state index contributed by atoms with van der Waals surface area (Å²) < 4.78 is 12.2. The number of hydrogen-bond acceptors (Lipinski definition) is 7. The molecule has 2 N–H and O–H groups in total. The van der Waals surface area contributed by atoms with Gasteiger partial charge in [0.1, 0.15) is 17.7 Å². The van der Waals surface area contributed by atoms with Crippen LogP contribution in [-0.2, 0) is 28.7 Å². The summed E-state index contributed by atoms with van der Waals surface area (Å²) in [7, 11) is 0. The maximum atomic E-state index is 14.2. The fourth-order valence-electron chi connectivity index (χ4n) is 6.05. The standard InChI is InChI=1S/C28H42BrN3O7/c1-8-10-11-19(34)30-14-17(4)38-26(37)20-21-24(35)32(16(3)15-33)23(28(21)13-18(29)22(20)39-28)25(36)31(12-9-2)27(5,6)7/h8-9,16-18,20-23,33H,1-2,10-15H2,3-7H3,(H,30,34)/t16-,17+,18?,20-,21+,22-,23-,28+/m1/s1. The van der Waals surface area contributed by atoms with Gasteiger partial charge in [0.25, 0.3) is 0 Å². The largest absolute Gasteiger partial charge is 0.460 e. The lowest BCUT2D eigenvalue weighted by Crippen LogP contribution is -2.61. The van der Waals surface area contributed by atoms with Gasteiger partial charge >= 0.3 is 5.97 Å². The van der Waals surface area contributed by atoms with Crippen LogP contribution < -0.4 is 5.32 Å². The second kappa shape index (κ2) is 12.1. The summed E-state index contributed by atoms with van der Waals surface area (Å²) >= 11 is 3.64. The molecule has 1 spiro atoms. The molecule has 3 amide bonds. The third-order valence-electron chi connectivity index (χ3n) is 7.84. The summed E-state index contributed by atoms with van der Waals surface area (Å²) in [5.74, 6) is -3.39. The number of nitrogens with one attached hydrogen (secondary N) is 1. The fourth-order valence-corrected chi connectivity index (χ4v) is 6.99.